The third kappa shape index (κ3) is 2.27. The van der Waals surface area contributed by atoms with Crippen LogP contribution in [-0.4, -0.2) is 39.3 Å². The van der Waals surface area contributed by atoms with E-state index in [0.29, 0.717) is 19.6 Å². The number of nitrogens with zero attached hydrogens (tertiary/aromatic N) is 2. The lowest BCUT2D eigenvalue weighted by atomic mass is 9.97. The van der Waals surface area contributed by atoms with Crippen LogP contribution in [0, 0.1) is 6.92 Å². The van der Waals surface area contributed by atoms with Crippen molar-refractivity contribution in [2.24, 2.45) is 0 Å². The van der Waals surface area contributed by atoms with Crippen LogP contribution in [0.3, 0.4) is 0 Å². The van der Waals surface area contributed by atoms with Crippen molar-refractivity contribution in [2.75, 3.05) is 18.5 Å². The molecule has 0 aliphatic carbocycles. The summed E-state index contributed by atoms with van der Waals surface area (Å²) >= 11 is 1.31. The molecule has 1 fully saturated rings. The van der Waals surface area contributed by atoms with Crippen LogP contribution < -0.4 is 5.32 Å². The highest BCUT2D eigenvalue weighted by Gasteiger charge is 2.39. The normalized spacial score (nSPS) is 30.7. The molecule has 0 radical (unpaired) electrons. The third-order valence-corrected chi connectivity index (χ3v) is 3.50. The second kappa shape index (κ2) is 4.03. The molecule has 1 aliphatic heterocycles. The number of hydrogen-bond donors (Lipinski definition) is 2. The quantitative estimate of drug-likeness (QED) is 0.802. The fourth-order valence-corrected chi connectivity index (χ4v) is 2.17. The van der Waals surface area contributed by atoms with Crippen molar-refractivity contribution in [1.29, 1.82) is 0 Å². The first-order valence-electron chi connectivity index (χ1n) is 4.98. The lowest BCUT2D eigenvalue weighted by Crippen LogP contribution is -2.43. The van der Waals surface area contributed by atoms with Gasteiger partial charge in [-0.1, -0.05) is 0 Å². The lowest BCUT2D eigenvalue weighted by molar-refractivity contribution is -0.0175. The molecule has 0 spiro atoms. The van der Waals surface area contributed by atoms with Crippen LogP contribution in [0.1, 0.15) is 19.2 Å². The van der Waals surface area contributed by atoms with Crippen LogP contribution in [-0.2, 0) is 4.74 Å². The van der Waals surface area contributed by atoms with Gasteiger partial charge in [-0.05, 0) is 13.8 Å². The smallest absolute Gasteiger partial charge is 0.202 e. The molecule has 2 N–H and O–H groups in total. The van der Waals surface area contributed by atoms with Gasteiger partial charge >= 0.3 is 0 Å². The summed E-state index contributed by atoms with van der Waals surface area (Å²) in [7, 11) is 0. The molecule has 2 heterocycles. The molecule has 0 aromatic carbocycles. The van der Waals surface area contributed by atoms with Crippen LogP contribution in [0.4, 0.5) is 5.13 Å². The van der Waals surface area contributed by atoms with E-state index >= 15 is 0 Å². The zero-order chi connectivity index (χ0) is 10.9. The third-order valence-electron chi connectivity index (χ3n) is 2.73. The van der Waals surface area contributed by atoms with Crippen LogP contribution in [0.15, 0.2) is 0 Å². The zero-order valence-electron chi connectivity index (χ0n) is 8.86. The molecule has 2 rings (SSSR count). The molecule has 6 heteroatoms. The summed E-state index contributed by atoms with van der Waals surface area (Å²) in [5, 5.41) is 14.0. The second-order valence-corrected chi connectivity index (χ2v) is 4.62. The van der Waals surface area contributed by atoms with E-state index in [2.05, 4.69) is 14.7 Å². The molecular formula is C9H15N3O2S. The average Bonchev–Trinajstić information content (AvgIpc) is 2.73. The first-order valence-corrected chi connectivity index (χ1v) is 5.76. The molecule has 1 saturated heterocycles. The Morgan fingerprint density at radius 2 is 2.53 bits per heavy atom. The Hall–Kier alpha value is -0.720. The molecule has 0 amide bonds. The van der Waals surface area contributed by atoms with Crippen molar-refractivity contribution in [3.8, 4) is 0 Å². The molecule has 1 aromatic heterocycles. The van der Waals surface area contributed by atoms with Crippen molar-refractivity contribution in [2.45, 2.75) is 32.0 Å². The highest BCUT2D eigenvalue weighted by molar-refractivity contribution is 7.09. The molecule has 2 unspecified atom stereocenters. The summed E-state index contributed by atoms with van der Waals surface area (Å²) < 4.78 is 9.40. The van der Waals surface area contributed by atoms with Crippen molar-refractivity contribution in [1.82, 2.24) is 9.36 Å². The van der Waals surface area contributed by atoms with Gasteiger partial charge in [-0.3, -0.25) is 0 Å². The average molecular weight is 229 g/mol. The van der Waals surface area contributed by atoms with Gasteiger partial charge in [0.15, 0.2) is 0 Å². The van der Waals surface area contributed by atoms with E-state index in [0.717, 1.165) is 11.0 Å². The molecule has 15 heavy (non-hydrogen) atoms. The number of aliphatic hydroxyl groups is 1. The van der Waals surface area contributed by atoms with E-state index in [4.69, 9.17) is 4.74 Å². The van der Waals surface area contributed by atoms with Gasteiger partial charge in [0, 0.05) is 31.1 Å². The van der Waals surface area contributed by atoms with E-state index in [1.54, 1.807) is 0 Å². The van der Waals surface area contributed by atoms with Crippen molar-refractivity contribution >= 4 is 16.7 Å². The molecule has 2 atom stereocenters. The number of anilines is 1. The van der Waals surface area contributed by atoms with E-state index < -0.39 is 5.60 Å². The summed E-state index contributed by atoms with van der Waals surface area (Å²) in [5.41, 5.74) is -0.778. The molecule has 0 saturated carbocycles. The van der Waals surface area contributed by atoms with Gasteiger partial charge < -0.3 is 15.2 Å². The SMILES string of the molecule is Cc1nsc(NCC2(O)CCOC2C)n1. The van der Waals surface area contributed by atoms with Gasteiger partial charge in [0.1, 0.15) is 11.4 Å². The Bertz CT molecular complexity index is 344. The highest BCUT2D eigenvalue weighted by atomic mass is 32.1. The number of aromatic nitrogens is 2. The maximum atomic E-state index is 10.2. The molecule has 84 valence electrons. The fourth-order valence-electron chi connectivity index (χ4n) is 1.60. The van der Waals surface area contributed by atoms with Gasteiger partial charge in [0.25, 0.3) is 0 Å². The first-order chi connectivity index (χ1) is 7.10. The number of hydrogen-bond acceptors (Lipinski definition) is 6. The van der Waals surface area contributed by atoms with Gasteiger partial charge in [-0.25, -0.2) is 4.98 Å². The number of rotatable bonds is 3. The van der Waals surface area contributed by atoms with E-state index in [1.165, 1.54) is 11.5 Å². The largest absolute Gasteiger partial charge is 0.385 e. The topological polar surface area (TPSA) is 67.3 Å². The summed E-state index contributed by atoms with van der Waals surface area (Å²) in [5.74, 6) is 0.755. The number of nitrogens with one attached hydrogen (secondary N) is 1. The zero-order valence-corrected chi connectivity index (χ0v) is 9.67. The molecule has 1 aliphatic rings. The highest BCUT2D eigenvalue weighted by Crippen LogP contribution is 2.26. The lowest BCUT2D eigenvalue weighted by Gasteiger charge is -2.25. The Morgan fingerprint density at radius 1 is 1.73 bits per heavy atom. The van der Waals surface area contributed by atoms with E-state index in [-0.39, 0.29) is 6.10 Å². The van der Waals surface area contributed by atoms with Crippen LogP contribution >= 0.6 is 11.5 Å². The van der Waals surface area contributed by atoms with Crippen molar-refractivity contribution in [3.63, 3.8) is 0 Å². The summed E-state index contributed by atoms with van der Waals surface area (Å²) in [6.45, 7) is 4.81. The molecule has 1 aromatic rings. The van der Waals surface area contributed by atoms with E-state index in [9.17, 15) is 5.11 Å². The fraction of sp³-hybridized carbons (Fsp3) is 0.778. The van der Waals surface area contributed by atoms with Gasteiger partial charge in [0.05, 0.1) is 6.10 Å². The Morgan fingerprint density at radius 3 is 3.07 bits per heavy atom. The minimum Gasteiger partial charge on any atom is -0.385 e. The molecule has 5 nitrogen and oxygen atoms in total. The predicted molar refractivity (Wildman–Crippen MR) is 58.1 cm³/mol. The Kier molecular flexibility index (Phi) is 2.90. The Labute approximate surface area is 92.7 Å². The maximum absolute atomic E-state index is 10.2. The van der Waals surface area contributed by atoms with Crippen LogP contribution in [0.25, 0.3) is 0 Å². The molecule has 0 bridgehead atoms. The minimum atomic E-state index is -0.778. The second-order valence-electron chi connectivity index (χ2n) is 3.87. The van der Waals surface area contributed by atoms with Crippen molar-refractivity contribution < 1.29 is 9.84 Å². The summed E-state index contributed by atoms with van der Waals surface area (Å²) in [4.78, 5) is 4.17. The van der Waals surface area contributed by atoms with Gasteiger partial charge in [-0.2, -0.15) is 4.37 Å². The van der Waals surface area contributed by atoms with E-state index in [1.807, 2.05) is 13.8 Å². The standard InChI is InChI=1S/C9H15N3O2S/c1-6-9(13,3-4-14-6)5-10-8-11-7(2)12-15-8/h6,13H,3-5H2,1-2H3,(H,10,11,12). The molecular weight excluding hydrogens is 214 g/mol. The van der Waals surface area contributed by atoms with Gasteiger partial charge in [-0.15, -0.1) is 0 Å². The van der Waals surface area contributed by atoms with Crippen LogP contribution in [0.2, 0.25) is 0 Å². The monoisotopic (exact) mass is 229 g/mol. The van der Waals surface area contributed by atoms with Crippen molar-refractivity contribution in [3.05, 3.63) is 5.82 Å². The summed E-state index contributed by atoms with van der Waals surface area (Å²) in [6, 6.07) is 0. The maximum Gasteiger partial charge on any atom is 0.202 e. The predicted octanol–water partition coefficient (Wildman–Crippen LogP) is 0.798. The van der Waals surface area contributed by atoms with Gasteiger partial charge in [0.2, 0.25) is 5.13 Å². The number of ether oxygens (including phenoxy) is 1. The first kappa shape index (κ1) is 10.8. The number of aryl methyl sites for hydroxylation is 1. The van der Waals surface area contributed by atoms with Crippen LogP contribution in [0.5, 0.6) is 0 Å². The Balaban J connectivity index is 1.92. The summed E-state index contributed by atoms with van der Waals surface area (Å²) in [6.07, 6.45) is 0.540. The minimum absolute atomic E-state index is 0.126.